The van der Waals surface area contributed by atoms with E-state index in [9.17, 15) is 17.9 Å². The van der Waals surface area contributed by atoms with Crippen LogP contribution in [0.15, 0.2) is 47.4 Å². The van der Waals surface area contributed by atoms with E-state index < -0.39 is 21.4 Å². The number of aliphatic hydroxyl groups is 1. The van der Waals surface area contributed by atoms with E-state index in [4.69, 9.17) is 11.6 Å². The van der Waals surface area contributed by atoms with Gasteiger partial charge < -0.3 is 5.11 Å². The molecule has 1 atom stereocenters. The van der Waals surface area contributed by atoms with Crippen molar-refractivity contribution in [1.82, 2.24) is 4.72 Å². The monoisotopic (exact) mass is 357 g/mol. The molecule has 0 heterocycles. The third kappa shape index (κ3) is 4.29. The topological polar surface area (TPSA) is 66.4 Å². The number of aryl methyl sites for hydroxylation is 1. The number of rotatable bonds is 5. The van der Waals surface area contributed by atoms with E-state index in [0.717, 1.165) is 12.1 Å². The third-order valence-electron chi connectivity index (χ3n) is 3.50. The smallest absolute Gasteiger partial charge is 0.240 e. The van der Waals surface area contributed by atoms with Crippen molar-refractivity contribution in [3.8, 4) is 0 Å². The molecule has 0 spiro atoms. The standard InChI is InChI=1S/C16H17ClFNO3S/c1-11-9-14(18)7-8-15(11)23(21,22)19-10-16(2,20)12-3-5-13(17)6-4-12/h3-9,19-20H,10H2,1-2H3. The van der Waals surface area contributed by atoms with Gasteiger partial charge in [-0.3, -0.25) is 0 Å². The summed E-state index contributed by atoms with van der Waals surface area (Å²) < 4.78 is 40.1. The van der Waals surface area contributed by atoms with E-state index in [1.807, 2.05) is 0 Å². The van der Waals surface area contributed by atoms with E-state index >= 15 is 0 Å². The van der Waals surface area contributed by atoms with Gasteiger partial charge in [-0.2, -0.15) is 0 Å². The van der Waals surface area contributed by atoms with Gasteiger partial charge in [-0.25, -0.2) is 17.5 Å². The summed E-state index contributed by atoms with van der Waals surface area (Å²) in [5.74, 6) is -0.505. The van der Waals surface area contributed by atoms with Crippen molar-refractivity contribution in [1.29, 1.82) is 0 Å². The van der Waals surface area contributed by atoms with Crippen molar-refractivity contribution in [2.45, 2.75) is 24.3 Å². The van der Waals surface area contributed by atoms with Crippen LogP contribution in [0.4, 0.5) is 4.39 Å². The van der Waals surface area contributed by atoms with Gasteiger partial charge in [-0.1, -0.05) is 23.7 Å². The first kappa shape index (κ1) is 17.9. The summed E-state index contributed by atoms with van der Waals surface area (Å²) in [7, 11) is -3.86. The molecular weight excluding hydrogens is 341 g/mol. The summed E-state index contributed by atoms with van der Waals surface area (Å²) in [5, 5.41) is 11.0. The second kappa shape index (κ2) is 6.57. The fourth-order valence-corrected chi connectivity index (χ4v) is 3.62. The van der Waals surface area contributed by atoms with Crippen LogP contribution in [0.5, 0.6) is 0 Å². The van der Waals surface area contributed by atoms with Crippen molar-refractivity contribution < 1.29 is 17.9 Å². The van der Waals surface area contributed by atoms with E-state index in [0.29, 0.717) is 16.1 Å². The van der Waals surface area contributed by atoms with Crippen molar-refractivity contribution >= 4 is 21.6 Å². The zero-order chi connectivity index (χ0) is 17.3. The van der Waals surface area contributed by atoms with E-state index in [-0.39, 0.29) is 11.4 Å². The molecule has 2 rings (SSSR count). The molecule has 0 saturated heterocycles. The van der Waals surface area contributed by atoms with Crippen molar-refractivity contribution in [3.63, 3.8) is 0 Å². The highest BCUT2D eigenvalue weighted by Gasteiger charge is 2.27. The molecule has 2 N–H and O–H groups in total. The van der Waals surface area contributed by atoms with Crippen LogP contribution in [0.25, 0.3) is 0 Å². The van der Waals surface area contributed by atoms with Gasteiger partial charge in [0, 0.05) is 11.6 Å². The molecule has 0 aliphatic carbocycles. The van der Waals surface area contributed by atoms with Crippen LogP contribution in [0.3, 0.4) is 0 Å². The number of nitrogens with one attached hydrogen (secondary N) is 1. The van der Waals surface area contributed by atoms with Gasteiger partial charge in [0.05, 0.1) is 4.90 Å². The molecule has 1 unspecified atom stereocenters. The first-order valence-corrected chi connectivity index (χ1v) is 8.72. The largest absolute Gasteiger partial charge is 0.384 e. The summed E-state index contributed by atoms with van der Waals surface area (Å²) in [4.78, 5) is -0.0224. The Hall–Kier alpha value is -1.47. The second-order valence-corrected chi connectivity index (χ2v) is 7.69. The van der Waals surface area contributed by atoms with Crippen LogP contribution < -0.4 is 4.72 Å². The molecule has 124 valence electrons. The highest BCUT2D eigenvalue weighted by Crippen LogP contribution is 2.23. The second-order valence-electron chi connectivity index (χ2n) is 5.52. The van der Waals surface area contributed by atoms with E-state index in [1.165, 1.54) is 19.9 Å². The molecule has 0 aliphatic rings. The summed E-state index contributed by atoms with van der Waals surface area (Å²) in [6.45, 7) is 2.78. The fourth-order valence-electron chi connectivity index (χ4n) is 2.14. The van der Waals surface area contributed by atoms with Gasteiger partial charge in [0.15, 0.2) is 0 Å². The Labute approximate surface area is 140 Å². The minimum atomic E-state index is -3.86. The van der Waals surface area contributed by atoms with Crippen LogP contribution in [0, 0.1) is 12.7 Å². The van der Waals surface area contributed by atoms with E-state index in [2.05, 4.69) is 4.72 Å². The Morgan fingerprint density at radius 1 is 1.22 bits per heavy atom. The number of benzene rings is 2. The zero-order valence-electron chi connectivity index (χ0n) is 12.7. The number of hydrogen-bond donors (Lipinski definition) is 2. The lowest BCUT2D eigenvalue weighted by Crippen LogP contribution is -2.38. The Bertz CT molecular complexity index is 805. The molecule has 0 aliphatic heterocycles. The molecule has 23 heavy (non-hydrogen) atoms. The summed E-state index contributed by atoms with van der Waals surface area (Å²) in [6, 6.07) is 9.91. The van der Waals surface area contributed by atoms with Gasteiger partial charge in [-0.05, 0) is 55.3 Å². The third-order valence-corrected chi connectivity index (χ3v) is 5.31. The average Bonchev–Trinajstić information content (AvgIpc) is 2.45. The molecule has 0 amide bonds. The summed E-state index contributed by atoms with van der Waals surface area (Å²) in [5.41, 5.74) is -0.588. The minimum absolute atomic E-state index is 0.0224. The van der Waals surface area contributed by atoms with Crippen LogP contribution >= 0.6 is 11.6 Å². The molecule has 0 fully saturated rings. The Morgan fingerprint density at radius 2 is 1.83 bits per heavy atom. The fraction of sp³-hybridized carbons (Fsp3) is 0.250. The highest BCUT2D eigenvalue weighted by molar-refractivity contribution is 7.89. The number of halogens is 2. The molecule has 2 aromatic rings. The van der Waals surface area contributed by atoms with E-state index in [1.54, 1.807) is 24.3 Å². The lowest BCUT2D eigenvalue weighted by molar-refractivity contribution is 0.0627. The average molecular weight is 358 g/mol. The molecule has 0 aromatic heterocycles. The maximum absolute atomic E-state index is 13.1. The van der Waals surface area contributed by atoms with Crippen LogP contribution in [-0.2, 0) is 15.6 Å². The highest BCUT2D eigenvalue weighted by atomic mass is 35.5. The quantitative estimate of drug-likeness (QED) is 0.864. The van der Waals surface area contributed by atoms with Crippen LogP contribution in [0.1, 0.15) is 18.1 Å². The Morgan fingerprint density at radius 3 is 2.39 bits per heavy atom. The predicted octanol–water partition coefficient (Wildman–Crippen LogP) is 2.97. The molecule has 0 saturated carbocycles. The van der Waals surface area contributed by atoms with Crippen LogP contribution in [0.2, 0.25) is 5.02 Å². The van der Waals surface area contributed by atoms with Crippen molar-refractivity contribution in [2.24, 2.45) is 0 Å². The minimum Gasteiger partial charge on any atom is -0.384 e. The molecular formula is C16H17ClFNO3S. The molecule has 0 radical (unpaired) electrons. The lowest BCUT2D eigenvalue weighted by atomic mass is 9.97. The first-order valence-electron chi connectivity index (χ1n) is 6.86. The van der Waals surface area contributed by atoms with Gasteiger partial charge in [0.1, 0.15) is 11.4 Å². The maximum atomic E-state index is 13.1. The van der Waals surface area contributed by atoms with Crippen molar-refractivity contribution in [3.05, 3.63) is 64.4 Å². The number of sulfonamides is 1. The Balaban J connectivity index is 2.19. The van der Waals surface area contributed by atoms with Gasteiger partial charge in [-0.15, -0.1) is 0 Å². The molecule has 2 aromatic carbocycles. The molecule has 4 nitrogen and oxygen atoms in total. The summed E-state index contributed by atoms with van der Waals surface area (Å²) in [6.07, 6.45) is 0. The Kier molecular flexibility index (Phi) is 5.10. The predicted molar refractivity (Wildman–Crippen MR) is 87.3 cm³/mol. The summed E-state index contributed by atoms with van der Waals surface area (Å²) >= 11 is 5.80. The van der Waals surface area contributed by atoms with Gasteiger partial charge >= 0.3 is 0 Å². The molecule has 0 bridgehead atoms. The zero-order valence-corrected chi connectivity index (χ0v) is 14.2. The SMILES string of the molecule is Cc1cc(F)ccc1S(=O)(=O)NCC(C)(O)c1ccc(Cl)cc1. The normalized spacial score (nSPS) is 14.5. The lowest BCUT2D eigenvalue weighted by Gasteiger charge is -2.24. The van der Waals surface area contributed by atoms with Crippen molar-refractivity contribution in [2.75, 3.05) is 6.54 Å². The first-order chi connectivity index (χ1) is 10.6. The van der Waals surface area contributed by atoms with Gasteiger partial charge in [0.2, 0.25) is 10.0 Å². The number of hydrogen-bond acceptors (Lipinski definition) is 3. The molecule has 7 heteroatoms. The van der Waals surface area contributed by atoms with Gasteiger partial charge in [0.25, 0.3) is 0 Å². The maximum Gasteiger partial charge on any atom is 0.240 e. The van der Waals surface area contributed by atoms with Crippen LogP contribution in [-0.4, -0.2) is 20.1 Å².